The average Bonchev–Trinajstić information content (AvgIpc) is 3.58. The molecule has 3 aliphatic heterocycles. The molecule has 3 rings (SSSR count). The zero-order chi connectivity index (χ0) is 61.3. The van der Waals surface area contributed by atoms with Gasteiger partial charge in [0.25, 0.3) is 0 Å². The molecule has 3 heterocycles. The molecular formula is C60H103N5O16S. The molecule has 2 bridgehead atoms. The van der Waals surface area contributed by atoms with E-state index in [-0.39, 0.29) is 55.1 Å². The van der Waals surface area contributed by atoms with Crippen molar-refractivity contribution in [1.29, 1.82) is 0 Å². The van der Waals surface area contributed by atoms with E-state index in [1.807, 2.05) is 88.6 Å². The van der Waals surface area contributed by atoms with Gasteiger partial charge in [-0.3, -0.25) is 9.59 Å². The minimum absolute atomic E-state index is 0.125. The van der Waals surface area contributed by atoms with Crippen LogP contribution in [-0.4, -0.2) is 230 Å². The van der Waals surface area contributed by atoms with Crippen molar-refractivity contribution in [3.8, 4) is 0 Å². The molecule has 19 atom stereocenters. The number of rotatable bonds is 12. The maximum absolute atomic E-state index is 14.1. The standard InChI is InChI=1S/C60H103N5O16S/c1-38-24-21-19-17-15-13-11-12-14-16-18-20-22-25-45(80-57-55(75)52(54(74)41(4)79-57)63-58(82)62-36-59(5,6)37-65(9)10)33-49-51(56(76)61-28-23-29-64(7)8)48(71)35-60(77,81-49)34-47(70)46(69)27-26-42(66)30-43(67)31-44(68)32-50(72)78-40(3)39(2)53(38)73/h11-12,14,16-22,24-25,38-49,51-55,57,66-71,73-75,77H,13,15,23,26-37H2,1-10H3,(H,61,76)(H2,62,63,82)/b12-11+,16-14+,19-17+,20-18+,24-21+,25-22+/t38-,39-,40-,41+,42+,43+,44+,45-,46+,47+,48-,49-,51+,52-,53+,54+,55-,57-,60+/m0/s1. The van der Waals surface area contributed by atoms with Gasteiger partial charge in [0.1, 0.15) is 18.3 Å². The zero-order valence-electron chi connectivity index (χ0n) is 50.2. The third-order valence-electron chi connectivity index (χ3n) is 15.1. The number of cyclic esters (lactones) is 1. The van der Waals surface area contributed by atoms with Gasteiger partial charge in [0, 0.05) is 50.7 Å². The van der Waals surface area contributed by atoms with Crippen LogP contribution < -0.4 is 16.0 Å². The maximum Gasteiger partial charge on any atom is 0.308 e. The van der Waals surface area contributed by atoms with Gasteiger partial charge in [-0.2, -0.15) is 0 Å². The minimum atomic E-state index is -2.32. The van der Waals surface area contributed by atoms with Crippen molar-refractivity contribution in [2.45, 2.75) is 210 Å². The van der Waals surface area contributed by atoms with Gasteiger partial charge in [-0.25, -0.2) is 0 Å². The first-order chi connectivity index (χ1) is 38.5. The summed E-state index contributed by atoms with van der Waals surface area (Å²) >= 11 is 5.63. The predicted octanol–water partition coefficient (Wildman–Crippen LogP) is 2.01. The number of esters is 1. The lowest BCUT2D eigenvalue weighted by atomic mass is 9.82. The number of thiocarbonyl (C=S) groups is 1. The monoisotopic (exact) mass is 1180 g/mol. The number of carbonyl (C=O) groups excluding carboxylic acids is 2. The molecule has 470 valence electrons. The Hall–Kier alpha value is -3.53. The molecule has 1 amide bonds. The summed E-state index contributed by atoms with van der Waals surface area (Å²) in [5.41, 5.74) is -0.186. The molecule has 2 saturated heterocycles. The number of allylic oxidation sites excluding steroid dienone is 10. The van der Waals surface area contributed by atoms with E-state index in [1.165, 1.54) is 0 Å². The average molecular weight is 1180 g/mol. The van der Waals surface area contributed by atoms with Crippen molar-refractivity contribution in [2.75, 3.05) is 54.4 Å². The summed E-state index contributed by atoms with van der Waals surface area (Å²) in [6, 6.07) is -1.07. The Kier molecular flexibility index (Phi) is 32.3. The second-order valence-corrected chi connectivity index (χ2v) is 24.5. The highest BCUT2D eigenvalue weighted by Gasteiger charge is 2.51. The van der Waals surface area contributed by atoms with Crippen LogP contribution in [0.5, 0.6) is 0 Å². The van der Waals surface area contributed by atoms with E-state index >= 15 is 0 Å². The summed E-state index contributed by atoms with van der Waals surface area (Å²) in [4.78, 5) is 30.9. The summed E-state index contributed by atoms with van der Waals surface area (Å²) < 4.78 is 24.5. The van der Waals surface area contributed by atoms with Crippen LogP contribution in [0.25, 0.3) is 0 Å². The highest BCUT2D eigenvalue weighted by atomic mass is 32.1. The van der Waals surface area contributed by atoms with Crippen molar-refractivity contribution in [3.63, 3.8) is 0 Å². The topological polar surface area (TPSA) is 316 Å². The normalized spacial score (nSPS) is 38.5. The van der Waals surface area contributed by atoms with Crippen LogP contribution in [0.15, 0.2) is 72.9 Å². The van der Waals surface area contributed by atoms with E-state index in [4.69, 9.17) is 31.2 Å². The van der Waals surface area contributed by atoms with E-state index in [0.717, 1.165) is 19.4 Å². The quantitative estimate of drug-likeness (QED) is 0.0755. The number of fused-ring (bicyclic) bond motifs is 2. The number of aliphatic hydroxyl groups excluding tert-OH is 9. The van der Waals surface area contributed by atoms with E-state index in [1.54, 1.807) is 45.1 Å². The first kappa shape index (κ1) is 72.7. The molecule has 21 nitrogen and oxygen atoms in total. The summed E-state index contributed by atoms with van der Waals surface area (Å²) in [7, 11) is 7.74. The molecule has 13 N–H and O–H groups in total. The molecule has 3 aliphatic rings. The van der Waals surface area contributed by atoms with Crippen molar-refractivity contribution >= 4 is 29.2 Å². The number of nitrogens with one attached hydrogen (secondary N) is 3. The summed E-state index contributed by atoms with van der Waals surface area (Å²) in [6.07, 6.45) is 3.97. The first-order valence-electron chi connectivity index (χ1n) is 29.2. The lowest BCUT2D eigenvalue weighted by Gasteiger charge is -2.46. The molecule has 2 fully saturated rings. The Morgan fingerprint density at radius 1 is 0.732 bits per heavy atom. The van der Waals surface area contributed by atoms with Gasteiger partial charge in [0.05, 0.1) is 79.4 Å². The third-order valence-corrected chi connectivity index (χ3v) is 15.3. The third kappa shape index (κ3) is 26.8. The lowest BCUT2D eigenvalue weighted by Crippen LogP contribution is -2.65. The van der Waals surface area contributed by atoms with Gasteiger partial charge in [-0.05, 0) is 111 Å². The van der Waals surface area contributed by atoms with Gasteiger partial charge in [0.2, 0.25) is 5.91 Å². The Bertz CT molecular complexity index is 2080. The van der Waals surface area contributed by atoms with Gasteiger partial charge in [0.15, 0.2) is 17.2 Å². The Labute approximate surface area is 492 Å². The number of hydrogen-bond donors (Lipinski definition) is 13. The van der Waals surface area contributed by atoms with Gasteiger partial charge >= 0.3 is 5.97 Å². The minimum Gasteiger partial charge on any atom is -0.462 e. The molecule has 0 saturated carbocycles. The van der Waals surface area contributed by atoms with Crippen LogP contribution in [0, 0.1) is 23.2 Å². The fourth-order valence-corrected chi connectivity index (χ4v) is 10.6. The van der Waals surface area contributed by atoms with Crippen molar-refractivity contribution in [1.82, 2.24) is 25.8 Å². The second kappa shape index (κ2) is 36.5. The van der Waals surface area contributed by atoms with Crippen LogP contribution in [-0.2, 0) is 28.5 Å². The Balaban J connectivity index is 1.99. The smallest absolute Gasteiger partial charge is 0.308 e. The predicted molar refractivity (Wildman–Crippen MR) is 318 cm³/mol. The van der Waals surface area contributed by atoms with Gasteiger partial charge < -0.3 is 95.8 Å². The summed E-state index contributed by atoms with van der Waals surface area (Å²) in [5, 5.41) is 122. The number of hydrogen-bond acceptors (Lipinski definition) is 19. The fourth-order valence-electron chi connectivity index (χ4n) is 10.4. The van der Waals surface area contributed by atoms with Crippen LogP contribution in [0.2, 0.25) is 0 Å². The number of ether oxygens (including phenoxy) is 4. The molecular weight excluding hydrogens is 1080 g/mol. The van der Waals surface area contributed by atoms with E-state index in [9.17, 15) is 60.7 Å². The maximum atomic E-state index is 14.1. The van der Waals surface area contributed by atoms with Crippen molar-refractivity contribution < 1.29 is 79.6 Å². The molecule has 82 heavy (non-hydrogen) atoms. The molecule has 0 unspecified atom stereocenters. The van der Waals surface area contributed by atoms with Crippen LogP contribution >= 0.6 is 12.2 Å². The SMILES string of the molecule is C[C@@H]1[C@H](O)[C@@H](C)/C=C/C=C/CC/C=C/C=C/C=C/C=C/[C@H](O[C@@H]2O[C@H](C)[C@@H](O)[C@H](NC(=S)NCC(C)(C)CN(C)C)[C@@H]2O)C[C@@H]2O[C@](O)(C[C@@H](O)[C@H](O)CC[C@@H](O)C[C@@H](O)C[C@@H](O)CC(=O)O[C@H]1C)C[C@H](O)[C@H]2C(=O)NCCCN(C)C. The van der Waals surface area contributed by atoms with Crippen LogP contribution in [0.3, 0.4) is 0 Å². The highest BCUT2D eigenvalue weighted by molar-refractivity contribution is 7.80. The molecule has 0 aromatic heterocycles. The Morgan fingerprint density at radius 2 is 1.34 bits per heavy atom. The summed E-state index contributed by atoms with van der Waals surface area (Å²) in [6.45, 7) is 13.2. The number of carbonyl (C=O) groups is 2. The van der Waals surface area contributed by atoms with Crippen LogP contribution in [0.4, 0.5) is 0 Å². The van der Waals surface area contributed by atoms with Gasteiger partial charge in [-0.1, -0.05) is 101 Å². The van der Waals surface area contributed by atoms with Crippen LogP contribution in [0.1, 0.15) is 112 Å². The molecule has 0 aliphatic carbocycles. The van der Waals surface area contributed by atoms with E-state index in [2.05, 4.69) is 34.7 Å². The Morgan fingerprint density at radius 3 is 2.00 bits per heavy atom. The molecule has 0 spiro atoms. The lowest BCUT2D eigenvalue weighted by molar-refractivity contribution is -0.309. The number of aliphatic hydroxyl groups is 10. The van der Waals surface area contributed by atoms with E-state index in [0.29, 0.717) is 19.5 Å². The van der Waals surface area contributed by atoms with Gasteiger partial charge in [-0.15, -0.1) is 0 Å². The zero-order valence-corrected chi connectivity index (χ0v) is 51.0. The molecule has 22 heteroatoms. The summed E-state index contributed by atoms with van der Waals surface area (Å²) in [5.74, 6) is -5.61. The second-order valence-electron chi connectivity index (χ2n) is 24.1. The first-order valence-corrected chi connectivity index (χ1v) is 29.6. The number of amides is 1. The largest absolute Gasteiger partial charge is 0.462 e. The highest BCUT2D eigenvalue weighted by Crippen LogP contribution is 2.38. The number of nitrogens with zero attached hydrogens (tertiary/aromatic N) is 2. The molecule has 0 aromatic rings. The van der Waals surface area contributed by atoms with E-state index < -0.39 is 140 Å². The molecule has 0 aromatic carbocycles. The van der Waals surface area contributed by atoms with Crippen molar-refractivity contribution in [3.05, 3.63) is 72.9 Å². The van der Waals surface area contributed by atoms with Crippen molar-refractivity contribution in [2.24, 2.45) is 23.2 Å². The molecule has 0 radical (unpaired) electrons. The fraction of sp³-hybridized carbons (Fsp3) is 0.750.